The summed E-state index contributed by atoms with van der Waals surface area (Å²) in [6, 6.07) is 16.3. The van der Waals surface area contributed by atoms with Crippen molar-refractivity contribution >= 4 is 5.97 Å². The largest absolute Gasteiger partial charge is 0.508 e. The van der Waals surface area contributed by atoms with Gasteiger partial charge in [-0.05, 0) is 123 Å². The topological polar surface area (TPSA) is 98.0 Å². The van der Waals surface area contributed by atoms with E-state index in [2.05, 4.69) is 54.6 Å². The first-order valence-electron chi connectivity index (χ1n) is 17.1. The molecule has 5 heteroatoms. The fourth-order valence-electron chi connectivity index (χ4n) is 8.54. The maximum atomic E-state index is 12.8. The van der Waals surface area contributed by atoms with Crippen molar-refractivity contribution in [2.24, 2.45) is 17.8 Å². The number of phenolic OH excluding ortho intramolecular Hbond substituents is 1. The first kappa shape index (κ1) is 32.5. The summed E-state index contributed by atoms with van der Waals surface area (Å²) in [5.74, 6) is 0.245. The zero-order valence-electron chi connectivity index (χ0n) is 26.2. The van der Waals surface area contributed by atoms with Crippen molar-refractivity contribution in [1.82, 2.24) is 0 Å². The molecule has 2 bridgehead atoms. The maximum absolute atomic E-state index is 12.8. The van der Waals surface area contributed by atoms with Gasteiger partial charge in [-0.2, -0.15) is 0 Å². The van der Waals surface area contributed by atoms with Gasteiger partial charge in [-0.15, -0.1) is 0 Å². The SMILES string of the molecule is O=C(O)[C@@H]1C/C=C/C[C@@H](CCCCCC[C@@H]2C=C(CO)CC2)[C@H](c2ccc(O)cc2)Cc2cccc(c2)[C@]12CCC[C@@H](O)C2. The van der Waals surface area contributed by atoms with Crippen LogP contribution in [-0.4, -0.2) is 39.1 Å². The normalized spacial score (nSPS) is 29.9. The standard InChI is InChI=1S/C39H52O5/c40-27-30-17-16-28(23-30)9-3-1-2-4-11-31-12-5-6-15-37(38(43)44)39(22-8-14-35(42)26-39)33-13-7-10-29(24-33)25-36(31)32-18-20-34(41)21-19-32/h5-7,10,13,18-21,23-24,28,31,35-37,40-42H,1-4,8-9,11-12,14-17,22,25-27H2,(H,43,44)/b6-5+/t28-,31+,35+,36+,37-,39+/m0/s1. The molecule has 4 N–H and O–H groups in total. The second-order valence-electron chi connectivity index (χ2n) is 13.9. The molecule has 3 aliphatic carbocycles. The molecule has 1 saturated carbocycles. The van der Waals surface area contributed by atoms with Crippen LogP contribution in [0.15, 0.2) is 72.3 Å². The number of unbranched alkanes of at least 4 members (excludes halogenated alkanes) is 3. The van der Waals surface area contributed by atoms with Crippen LogP contribution in [0.3, 0.4) is 0 Å². The van der Waals surface area contributed by atoms with Crippen LogP contribution in [0.1, 0.15) is 112 Å². The van der Waals surface area contributed by atoms with Gasteiger partial charge in [0.15, 0.2) is 0 Å². The van der Waals surface area contributed by atoms with Crippen LogP contribution in [0.2, 0.25) is 0 Å². The highest BCUT2D eigenvalue weighted by Crippen LogP contribution is 2.48. The van der Waals surface area contributed by atoms with E-state index in [1.807, 2.05) is 0 Å². The molecule has 1 spiro atoms. The van der Waals surface area contributed by atoms with Crippen molar-refractivity contribution in [3.8, 4) is 5.75 Å². The van der Waals surface area contributed by atoms with Crippen molar-refractivity contribution in [1.29, 1.82) is 0 Å². The lowest BCUT2D eigenvalue weighted by molar-refractivity contribution is -0.145. The fourth-order valence-corrected chi connectivity index (χ4v) is 8.54. The lowest BCUT2D eigenvalue weighted by Crippen LogP contribution is -2.45. The Balaban J connectivity index is 1.36. The summed E-state index contributed by atoms with van der Waals surface area (Å²) in [5.41, 5.74) is 4.13. The molecule has 238 valence electrons. The fraction of sp³-hybridized carbons (Fsp3) is 0.564. The van der Waals surface area contributed by atoms with Gasteiger partial charge in [-0.1, -0.05) is 80.3 Å². The lowest BCUT2D eigenvalue weighted by Gasteiger charge is -2.44. The molecule has 0 aliphatic heterocycles. The molecule has 0 heterocycles. The number of rotatable bonds is 10. The zero-order valence-corrected chi connectivity index (χ0v) is 26.2. The van der Waals surface area contributed by atoms with Gasteiger partial charge in [0.05, 0.1) is 18.6 Å². The summed E-state index contributed by atoms with van der Waals surface area (Å²) >= 11 is 0. The lowest BCUT2D eigenvalue weighted by atomic mass is 9.60. The van der Waals surface area contributed by atoms with Crippen molar-refractivity contribution in [2.45, 2.75) is 114 Å². The Kier molecular flexibility index (Phi) is 11.4. The predicted molar refractivity (Wildman–Crippen MR) is 176 cm³/mol. The molecule has 0 radical (unpaired) electrons. The molecule has 6 atom stereocenters. The molecule has 5 nitrogen and oxygen atoms in total. The molecule has 5 rings (SSSR count). The van der Waals surface area contributed by atoms with Crippen LogP contribution in [0, 0.1) is 17.8 Å². The monoisotopic (exact) mass is 600 g/mol. The third-order valence-corrected chi connectivity index (χ3v) is 11.0. The van der Waals surface area contributed by atoms with Gasteiger partial charge in [-0.25, -0.2) is 0 Å². The van der Waals surface area contributed by atoms with Gasteiger partial charge >= 0.3 is 5.97 Å². The average Bonchev–Trinajstić information content (AvgIpc) is 3.48. The quantitative estimate of drug-likeness (QED) is 0.163. The summed E-state index contributed by atoms with van der Waals surface area (Å²) in [6.45, 7) is 0.208. The second kappa shape index (κ2) is 15.4. The number of allylic oxidation sites excluding steroid dienone is 3. The average molecular weight is 601 g/mol. The predicted octanol–water partition coefficient (Wildman–Crippen LogP) is 8.23. The summed E-state index contributed by atoms with van der Waals surface area (Å²) < 4.78 is 0. The number of benzene rings is 2. The number of aliphatic hydroxyl groups is 2. The van der Waals surface area contributed by atoms with Crippen molar-refractivity contribution < 1.29 is 25.2 Å². The first-order chi connectivity index (χ1) is 21.4. The number of hydrogen-bond donors (Lipinski definition) is 4. The minimum Gasteiger partial charge on any atom is -0.508 e. The van der Waals surface area contributed by atoms with E-state index in [0.29, 0.717) is 24.7 Å². The van der Waals surface area contributed by atoms with Gasteiger partial charge in [0.2, 0.25) is 0 Å². The van der Waals surface area contributed by atoms with E-state index in [4.69, 9.17) is 0 Å². The van der Waals surface area contributed by atoms with E-state index >= 15 is 0 Å². The Morgan fingerprint density at radius 1 is 0.932 bits per heavy atom. The van der Waals surface area contributed by atoms with E-state index in [1.54, 1.807) is 12.1 Å². The molecule has 2 aromatic rings. The van der Waals surface area contributed by atoms with E-state index in [0.717, 1.165) is 56.9 Å². The third-order valence-electron chi connectivity index (χ3n) is 11.0. The Morgan fingerprint density at radius 2 is 1.70 bits per heavy atom. The van der Waals surface area contributed by atoms with Gasteiger partial charge in [-0.3, -0.25) is 4.79 Å². The molecule has 0 amide bonds. The van der Waals surface area contributed by atoms with Gasteiger partial charge < -0.3 is 20.4 Å². The number of hydrogen-bond acceptors (Lipinski definition) is 4. The summed E-state index contributed by atoms with van der Waals surface area (Å²) in [6.07, 6.45) is 20.6. The number of carbonyl (C=O) groups is 1. The maximum Gasteiger partial charge on any atom is 0.307 e. The smallest absolute Gasteiger partial charge is 0.307 e. The number of carboxylic acids is 1. The number of aromatic hydroxyl groups is 1. The number of aliphatic hydroxyl groups excluding tert-OH is 2. The Labute approximate surface area is 263 Å². The Bertz CT molecular complexity index is 1280. The van der Waals surface area contributed by atoms with Crippen LogP contribution in [0.5, 0.6) is 5.75 Å². The first-order valence-corrected chi connectivity index (χ1v) is 17.1. The van der Waals surface area contributed by atoms with E-state index < -0.39 is 23.4 Å². The van der Waals surface area contributed by atoms with Crippen LogP contribution in [-0.2, 0) is 16.6 Å². The van der Waals surface area contributed by atoms with Gasteiger partial charge in [0.25, 0.3) is 0 Å². The van der Waals surface area contributed by atoms with Crippen molar-refractivity contribution in [3.05, 3.63) is 89.0 Å². The number of carboxylic acid groups (broad SMARTS) is 1. The highest BCUT2D eigenvalue weighted by Gasteiger charge is 2.47. The molecule has 0 unspecified atom stereocenters. The number of fused-ring (bicyclic) bond motifs is 3. The zero-order chi connectivity index (χ0) is 30.9. The molecule has 0 saturated heterocycles. The molecule has 2 aromatic carbocycles. The Hall–Kier alpha value is -2.89. The van der Waals surface area contributed by atoms with Crippen LogP contribution < -0.4 is 0 Å². The van der Waals surface area contributed by atoms with Crippen LogP contribution in [0.25, 0.3) is 0 Å². The summed E-state index contributed by atoms with van der Waals surface area (Å²) in [4.78, 5) is 12.8. The molecule has 0 aromatic heterocycles. The highest BCUT2D eigenvalue weighted by atomic mass is 16.4. The number of aliphatic carboxylic acids is 1. The summed E-state index contributed by atoms with van der Waals surface area (Å²) in [5, 5.41) is 40.7. The van der Waals surface area contributed by atoms with Crippen LogP contribution in [0.4, 0.5) is 0 Å². The number of phenols is 1. The molecule has 44 heavy (non-hydrogen) atoms. The molecule has 3 aliphatic rings. The minimum atomic E-state index is -0.773. The van der Waals surface area contributed by atoms with Crippen molar-refractivity contribution in [2.75, 3.05) is 6.61 Å². The Morgan fingerprint density at radius 3 is 2.43 bits per heavy atom. The minimum absolute atomic E-state index is 0.208. The van der Waals surface area contributed by atoms with Crippen molar-refractivity contribution in [3.63, 3.8) is 0 Å². The van der Waals surface area contributed by atoms with Gasteiger partial charge in [0, 0.05) is 5.41 Å². The molecule has 1 fully saturated rings. The van der Waals surface area contributed by atoms with Gasteiger partial charge in [0.1, 0.15) is 5.75 Å². The molecular formula is C39H52O5. The second-order valence-corrected chi connectivity index (χ2v) is 13.9. The van der Waals surface area contributed by atoms with E-state index in [1.165, 1.54) is 48.8 Å². The van der Waals surface area contributed by atoms with E-state index in [-0.39, 0.29) is 18.3 Å². The third kappa shape index (κ3) is 8.03. The highest BCUT2D eigenvalue weighted by molar-refractivity contribution is 5.73. The van der Waals surface area contributed by atoms with E-state index in [9.17, 15) is 25.2 Å². The van der Waals surface area contributed by atoms with Crippen LogP contribution >= 0.6 is 0 Å². The summed E-state index contributed by atoms with van der Waals surface area (Å²) in [7, 11) is 0. The molecular weight excluding hydrogens is 548 g/mol.